The van der Waals surface area contributed by atoms with Gasteiger partial charge in [0.2, 0.25) is 0 Å². The second-order valence-corrected chi connectivity index (χ2v) is 3.39. The van der Waals surface area contributed by atoms with Crippen molar-refractivity contribution < 1.29 is 12.4 Å². The molecule has 0 unspecified atom stereocenters. The van der Waals surface area contributed by atoms with Crippen LogP contribution in [0.4, 0.5) is 0 Å². The SMILES string of the molecule is CC(C)[N-]C(C)(C)C.[Cl-].[Mg+2]. The molecule has 0 aliphatic rings. The molecule has 0 saturated carbocycles. The Kier molecular flexibility index (Phi) is 11.5. The first-order valence-corrected chi connectivity index (χ1v) is 3.14. The van der Waals surface area contributed by atoms with E-state index < -0.39 is 0 Å². The standard InChI is InChI=1S/C7H16N.ClH.Mg/c1-6(2)8-7(3,4)5;;/h6H,1-5H3;1H;/q-1;;+2/p-1. The van der Waals surface area contributed by atoms with Gasteiger partial charge in [-0.05, 0) is 0 Å². The largest absolute Gasteiger partial charge is 2.00 e. The van der Waals surface area contributed by atoms with Crippen LogP contribution in [0.25, 0.3) is 5.32 Å². The Balaban J connectivity index is -0.000000245. The van der Waals surface area contributed by atoms with Gasteiger partial charge < -0.3 is 17.7 Å². The van der Waals surface area contributed by atoms with Crippen molar-refractivity contribution in [3.05, 3.63) is 5.32 Å². The first kappa shape index (κ1) is 17.2. The van der Waals surface area contributed by atoms with Gasteiger partial charge in [0, 0.05) is 0 Å². The molecule has 0 heterocycles. The van der Waals surface area contributed by atoms with Crippen LogP contribution in [0.3, 0.4) is 0 Å². The average molecular weight is 174 g/mol. The second-order valence-electron chi connectivity index (χ2n) is 3.39. The van der Waals surface area contributed by atoms with Crippen LogP contribution in [0.5, 0.6) is 0 Å². The summed E-state index contributed by atoms with van der Waals surface area (Å²) in [5.41, 5.74) is 0.147. The molecular formula is C7H16ClMgN. The molecule has 0 N–H and O–H groups in total. The van der Waals surface area contributed by atoms with E-state index in [0.717, 1.165) is 0 Å². The van der Waals surface area contributed by atoms with Gasteiger partial charge in [-0.15, -0.1) is 11.6 Å². The van der Waals surface area contributed by atoms with Gasteiger partial charge in [-0.3, -0.25) is 0 Å². The summed E-state index contributed by atoms with van der Waals surface area (Å²) in [6, 6.07) is 0.468. The Labute approximate surface area is 86.9 Å². The summed E-state index contributed by atoms with van der Waals surface area (Å²) in [5.74, 6) is 0. The Morgan fingerprint density at radius 3 is 1.40 bits per heavy atom. The number of hydrogen-bond donors (Lipinski definition) is 0. The van der Waals surface area contributed by atoms with Crippen LogP contribution in [0.2, 0.25) is 0 Å². The minimum atomic E-state index is 0. The molecule has 0 aromatic rings. The summed E-state index contributed by atoms with van der Waals surface area (Å²) >= 11 is 0. The van der Waals surface area contributed by atoms with E-state index in [2.05, 4.69) is 39.9 Å². The van der Waals surface area contributed by atoms with Crippen LogP contribution in [-0.2, 0) is 0 Å². The third-order valence-corrected chi connectivity index (χ3v) is 0.645. The van der Waals surface area contributed by atoms with E-state index in [9.17, 15) is 0 Å². The Bertz CT molecular complexity index is 68.5. The molecule has 0 radical (unpaired) electrons. The van der Waals surface area contributed by atoms with Gasteiger partial charge in [-0.1, -0.05) is 34.6 Å². The molecule has 0 amide bonds. The van der Waals surface area contributed by atoms with Gasteiger partial charge >= 0.3 is 23.1 Å². The maximum absolute atomic E-state index is 4.41. The van der Waals surface area contributed by atoms with Crippen LogP contribution in [-0.4, -0.2) is 34.6 Å². The third kappa shape index (κ3) is 16.0. The Morgan fingerprint density at radius 2 is 1.40 bits per heavy atom. The van der Waals surface area contributed by atoms with Crippen molar-refractivity contribution in [3.8, 4) is 0 Å². The fourth-order valence-corrected chi connectivity index (χ4v) is 0.775. The van der Waals surface area contributed by atoms with E-state index in [-0.39, 0.29) is 41.0 Å². The quantitative estimate of drug-likeness (QED) is 0.461. The first-order chi connectivity index (χ1) is 3.42. The summed E-state index contributed by atoms with van der Waals surface area (Å²) < 4.78 is 0. The van der Waals surface area contributed by atoms with Gasteiger partial charge in [0.15, 0.2) is 0 Å². The molecule has 10 heavy (non-hydrogen) atoms. The molecule has 0 aromatic carbocycles. The zero-order valence-corrected chi connectivity index (χ0v) is 9.78. The van der Waals surface area contributed by atoms with Crippen molar-refractivity contribution in [1.29, 1.82) is 0 Å². The minimum Gasteiger partial charge on any atom is -1.00 e. The zero-order chi connectivity index (χ0) is 6.78. The fraction of sp³-hybridized carbons (Fsp3) is 1.00. The molecule has 0 aliphatic carbocycles. The molecule has 3 heteroatoms. The van der Waals surface area contributed by atoms with Crippen LogP contribution >= 0.6 is 0 Å². The van der Waals surface area contributed by atoms with E-state index in [4.69, 9.17) is 0 Å². The normalized spacial score (nSPS) is 10.2. The molecule has 0 rings (SSSR count). The topological polar surface area (TPSA) is 14.1 Å². The molecule has 1 nitrogen and oxygen atoms in total. The number of nitrogens with zero attached hydrogens (tertiary/aromatic N) is 1. The maximum Gasteiger partial charge on any atom is 2.00 e. The Morgan fingerprint density at radius 1 is 1.10 bits per heavy atom. The van der Waals surface area contributed by atoms with Crippen molar-refractivity contribution in [2.75, 3.05) is 0 Å². The fourth-order valence-electron chi connectivity index (χ4n) is 0.775. The summed E-state index contributed by atoms with van der Waals surface area (Å²) in [7, 11) is 0. The Hall–Kier alpha value is 1.02. The molecule has 0 saturated heterocycles. The van der Waals surface area contributed by atoms with Gasteiger partial charge in [0.05, 0.1) is 0 Å². The molecule has 0 aliphatic heterocycles. The van der Waals surface area contributed by atoms with Gasteiger partial charge in [-0.25, -0.2) is 0 Å². The average Bonchev–Trinajstić information content (AvgIpc) is 1.21. The predicted molar refractivity (Wildman–Crippen MR) is 44.0 cm³/mol. The molecule has 0 aromatic heterocycles. The van der Waals surface area contributed by atoms with Crippen molar-refractivity contribution >= 4 is 23.1 Å². The maximum atomic E-state index is 4.41. The van der Waals surface area contributed by atoms with Crippen molar-refractivity contribution in [1.82, 2.24) is 0 Å². The van der Waals surface area contributed by atoms with Crippen LogP contribution in [0.1, 0.15) is 34.6 Å². The number of halogens is 1. The van der Waals surface area contributed by atoms with Crippen LogP contribution < -0.4 is 12.4 Å². The van der Waals surface area contributed by atoms with E-state index in [1.165, 1.54) is 0 Å². The van der Waals surface area contributed by atoms with E-state index >= 15 is 0 Å². The first-order valence-electron chi connectivity index (χ1n) is 3.14. The molecule has 0 bridgehead atoms. The van der Waals surface area contributed by atoms with Crippen molar-refractivity contribution in [2.24, 2.45) is 0 Å². The summed E-state index contributed by atoms with van der Waals surface area (Å²) in [4.78, 5) is 0. The molecular weight excluding hydrogens is 158 g/mol. The van der Waals surface area contributed by atoms with E-state index in [0.29, 0.717) is 6.04 Å². The molecule has 58 valence electrons. The molecule has 0 spiro atoms. The monoisotopic (exact) mass is 173 g/mol. The summed E-state index contributed by atoms with van der Waals surface area (Å²) in [6.45, 7) is 10.6. The molecule has 0 atom stereocenters. The van der Waals surface area contributed by atoms with Crippen LogP contribution in [0, 0.1) is 0 Å². The smallest absolute Gasteiger partial charge is 1.00 e. The second kappa shape index (κ2) is 6.71. The minimum absolute atomic E-state index is 0. The summed E-state index contributed by atoms with van der Waals surface area (Å²) in [5, 5.41) is 4.41. The van der Waals surface area contributed by atoms with E-state index in [1.54, 1.807) is 0 Å². The van der Waals surface area contributed by atoms with Crippen molar-refractivity contribution in [2.45, 2.75) is 46.2 Å². The number of hydrogen-bond acceptors (Lipinski definition) is 0. The van der Waals surface area contributed by atoms with Gasteiger partial charge in [0.1, 0.15) is 0 Å². The number of rotatable bonds is 1. The molecule has 0 fully saturated rings. The predicted octanol–water partition coefficient (Wildman–Crippen LogP) is -0.810. The van der Waals surface area contributed by atoms with Gasteiger partial charge in [-0.2, -0.15) is 0 Å². The van der Waals surface area contributed by atoms with Gasteiger partial charge in [0.25, 0.3) is 0 Å². The summed E-state index contributed by atoms with van der Waals surface area (Å²) in [6.07, 6.45) is 0. The van der Waals surface area contributed by atoms with E-state index in [1.807, 2.05) is 0 Å². The van der Waals surface area contributed by atoms with Crippen LogP contribution in [0.15, 0.2) is 0 Å². The van der Waals surface area contributed by atoms with Crippen molar-refractivity contribution in [3.63, 3.8) is 0 Å². The third-order valence-electron chi connectivity index (χ3n) is 0.645. The zero-order valence-electron chi connectivity index (χ0n) is 7.61.